The summed E-state index contributed by atoms with van der Waals surface area (Å²) in [4.78, 5) is 13.7. The maximum Gasteiger partial charge on any atom is 0.335 e. The molecular formula is C18H25NO2. The van der Waals surface area contributed by atoms with Gasteiger partial charge in [-0.3, -0.25) is 4.90 Å². The number of hydrogen-bond acceptors (Lipinski definition) is 2. The van der Waals surface area contributed by atoms with Gasteiger partial charge in [-0.15, -0.1) is 0 Å². The van der Waals surface area contributed by atoms with E-state index in [2.05, 4.69) is 11.0 Å². The van der Waals surface area contributed by atoms with Crippen LogP contribution in [0.3, 0.4) is 0 Å². The van der Waals surface area contributed by atoms with Crippen LogP contribution in [0.5, 0.6) is 0 Å². The summed E-state index contributed by atoms with van der Waals surface area (Å²) in [5.41, 5.74) is 1.55. The molecule has 0 heterocycles. The summed E-state index contributed by atoms with van der Waals surface area (Å²) in [6, 6.07) is 8.15. The van der Waals surface area contributed by atoms with Gasteiger partial charge in [-0.05, 0) is 49.3 Å². The van der Waals surface area contributed by atoms with Crippen molar-refractivity contribution in [2.24, 2.45) is 5.92 Å². The molecule has 3 nitrogen and oxygen atoms in total. The largest absolute Gasteiger partial charge is 0.478 e. The molecule has 2 aliphatic rings. The minimum atomic E-state index is -0.830. The normalized spacial score (nSPS) is 19.9. The second kappa shape index (κ2) is 6.61. The van der Waals surface area contributed by atoms with Crippen LogP contribution >= 0.6 is 0 Å². The van der Waals surface area contributed by atoms with Gasteiger partial charge in [0.1, 0.15) is 0 Å². The number of nitrogens with zero attached hydrogens (tertiary/aromatic N) is 1. The summed E-state index contributed by atoms with van der Waals surface area (Å²) in [7, 11) is 0. The van der Waals surface area contributed by atoms with Gasteiger partial charge in [-0.25, -0.2) is 4.79 Å². The highest BCUT2D eigenvalue weighted by Crippen LogP contribution is 2.33. The first-order chi connectivity index (χ1) is 10.2. The van der Waals surface area contributed by atoms with Gasteiger partial charge < -0.3 is 5.11 Å². The Balaban J connectivity index is 1.70. The van der Waals surface area contributed by atoms with Gasteiger partial charge in [0.2, 0.25) is 0 Å². The van der Waals surface area contributed by atoms with Crippen LogP contribution in [0.15, 0.2) is 24.3 Å². The summed E-state index contributed by atoms with van der Waals surface area (Å²) in [6.45, 7) is 2.10. The van der Waals surface area contributed by atoms with Crippen molar-refractivity contribution in [3.63, 3.8) is 0 Å². The Labute approximate surface area is 127 Å². The molecule has 1 aromatic carbocycles. The summed E-state index contributed by atoms with van der Waals surface area (Å²) >= 11 is 0. The van der Waals surface area contributed by atoms with Gasteiger partial charge in [-0.1, -0.05) is 31.4 Å². The molecule has 1 N–H and O–H groups in total. The molecule has 1 aromatic rings. The Bertz CT molecular complexity index is 490. The van der Waals surface area contributed by atoms with Crippen molar-refractivity contribution < 1.29 is 9.90 Å². The molecule has 0 spiro atoms. The first-order valence-electron chi connectivity index (χ1n) is 8.28. The van der Waals surface area contributed by atoms with Crippen molar-refractivity contribution in [3.8, 4) is 0 Å². The number of carboxylic acid groups (broad SMARTS) is 1. The Kier molecular flexibility index (Phi) is 4.59. The maximum absolute atomic E-state index is 11.1. The predicted molar refractivity (Wildman–Crippen MR) is 83.4 cm³/mol. The van der Waals surface area contributed by atoms with Crippen LogP contribution in [0.4, 0.5) is 0 Å². The molecule has 0 aliphatic heterocycles. The van der Waals surface area contributed by atoms with Crippen molar-refractivity contribution >= 4 is 5.97 Å². The molecule has 3 heteroatoms. The van der Waals surface area contributed by atoms with Crippen molar-refractivity contribution in [3.05, 3.63) is 35.4 Å². The van der Waals surface area contributed by atoms with Crippen LogP contribution in [-0.4, -0.2) is 28.6 Å². The standard InChI is InChI=1S/C18H25NO2/c20-18(21)16-6-4-5-15(11-16)13-19(12-14-9-10-14)17-7-2-1-3-8-17/h4-6,11,14,17H,1-3,7-10,12-13H2,(H,20,21). The van der Waals surface area contributed by atoms with Crippen LogP contribution in [0.2, 0.25) is 0 Å². The third-order valence-corrected chi connectivity index (χ3v) is 4.84. The highest BCUT2D eigenvalue weighted by atomic mass is 16.4. The molecule has 21 heavy (non-hydrogen) atoms. The van der Waals surface area contributed by atoms with Crippen molar-refractivity contribution in [2.75, 3.05) is 6.54 Å². The van der Waals surface area contributed by atoms with Gasteiger partial charge in [0.05, 0.1) is 5.56 Å². The molecule has 0 atom stereocenters. The second-order valence-electron chi connectivity index (χ2n) is 6.67. The highest BCUT2D eigenvalue weighted by molar-refractivity contribution is 5.87. The van der Waals surface area contributed by atoms with Gasteiger partial charge in [0.15, 0.2) is 0 Å². The Morgan fingerprint density at radius 1 is 1.14 bits per heavy atom. The van der Waals surface area contributed by atoms with Crippen LogP contribution < -0.4 is 0 Å². The quantitative estimate of drug-likeness (QED) is 0.862. The molecular weight excluding hydrogens is 262 g/mol. The van der Waals surface area contributed by atoms with E-state index in [1.165, 1.54) is 51.5 Å². The van der Waals surface area contributed by atoms with E-state index < -0.39 is 5.97 Å². The van der Waals surface area contributed by atoms with E-state index in [0.29, 0.717) is 11.6 Å². The molecule has 0 bridgehead atoms. The average Bonchev–Trinajstić information content (AvgIpc) is 3.32. The van der Waals surface area contributed by atoms with E-state index >= 15 is 0 Å². The molecule has 114 valence electrons. The van der Waals surface area contributed by atoms with Crippen LogP contribution in [0.25, 0.3) is 0 Å². The van der Waals surface area contributed by atoms with Crippen molar-refractivity contribution in [2.45, 2.75) is 57.5 Å². The molecule has 3 rings (SSSR count). The van der Waals surface area contributed by atoms with E-state index in [0.717, 1.165) is 18.0 Å². The number of carbonyl (C=O) groups is 1. The second-order valence-corrected chi connectivity index (χ2v) is 6.67. The molecule has 2 saturated carbocycles. The number of rotatable bonds is 6. The molecule has 0 aromatic heterocycles. The lowest BCUT2D eigenvalue weighted by molar-refractivity contribution is 0.0696. The van der Waals surface area contributed by atoms with E-state index in [4.69, 9.17) is 5.11 Å². The molecule has 2 aliphatic carbocycles. The molecule has 0 unspecified atom stereocenters. The zero-order valence-electron chi connectivity index (χ0n) is 12.6. The fraction of sp³-hybridized carbons (Fsp3) is 0.611. The lowest BCUT2D eigenvalue weighted by Gasteiger charge is -2.34. The summed E-state index contributed by atoms with van der Waals surface area (Å²) in [5, 5.41) is 9.13. The van der Waals surface area contributed by atoms with Gasteiger partial charge in [-0.2, -0.15) is 0 Å². The lowest BCUT2D eigenvalue weighted by atomic mass is 9.93. The maximum atomic E-state index is 11.1. The smallest absolute Gasteiger partial charge is 0.335 e. The molecule has 0 amide bonds. The van der Waals surface area contributed by atoms with Crippen LogP contribution in [-0.2, 0) is 6.54 Å². The van der Waals surface area contributed by atoms with Crippen molar-refractivity contribution in [1.82, 2.24) is 4.90 Å². The first kappa shape index (κ1) is 14.6. The molecule has 2 fully saturated rings. The topological polar surface area (TPSA) is 40.5 Å². The van der Waals surface area contributed by atoms with Gasteiger partial charge >= 0.3 is 5.97 Å². The Morgan fingerprint density at radius 2 is 1.90 bits per heavy atom. The number of carboxylic acids is 1. The van der Waals surface area contributed by atoms with E-state index in [-0.39, 0.29) is 0 Å². The third-order valence-electron chi connectivity index (χ3n) is 4.84. The van der Waals surface area contributed by atoms with Crippen LogP contribution in [0, 0.1) is 5.92 Å². The molecule has 0 radical (unpaired) electrons. The average molecular weight is 287 g/mol. The van der Waals surface area contributed by atoms with E-state index in [1.807, 2.05) is 12.1 Å². The summed E-state index contributed by atoms with van der Waals surface area (Å²) in [5.74, 6) is 0.0536. The zero-order chi connectivity index (χ0) is 14.7. The third kappa shape index (κ3) is 4.07. The minimum Gasteiger partial charge on any atom is -0.478 e. The molecule has 0 saturated heterocycles. The Hall–Kier alpha value is -1.35. The number of benzene rings is 1. The Morgan fingerprint density at radius 3 is 2.57 bits per heavy atom. The number of hydrogen-bond donors (Lipinski definition) is 1. The first-order valence-corrected chi connectivity index (χ1v) is 8.28. The minimum absolute atomic E-state index is 0.405. The summed E-state index contributed by atoms with van der Waals surface area (Å²) in [6.07, 6.45) is 9.44. The zero-order valence-corrected chi connectivity index (χ0v) is 12.6. The summed E-state index contributed by atoms with van der Waals surface area (Å²) < 4.78 is 0. The van der Waals surface area contributed by atoms with Crippen LogP contribution in [0.1, 0.15) is 60.9 Å². The highest BCUT2D eigenvalue weighted by Gasteiger charge is 2.29. The lowest BCUT2D eigenvalue weighted by Crippen LogP contribution is -2.37. The monoisotopic (exact) mass is 287 g/mol. The van der Waals surface area contributed by atoms with Crippen molar-refractivity contribution in [1.29, 1.82) is 0 Å². The SMILES string of the molecule is O=C(O)c1cccc(CN(CC2CC2)C2CCCCC2)c1. The van der Waals surface area contributed by atoms with Gasteiger partial charge in [0, 0.05) is 19.1 Å². The predicted octanol–water partition coefficient (Wildman–Crippen LogP) is 3.93. The van der Waals surface area contributed by atoms with E-state index in [9.17, 15) is 4.79 Å². The van der Waals surface area contributed by atoms with E-state index in [1.54, 1.807) is 6.07 Å². The fourth-order valence-corrected chi connectivity index (χ4v) is 3.46. The fourth-order valence-electron chi connectivity index (χ4n) is 3.46. The number of aromatic carboxylic acids is 1. The van der Waals surface area contributed by atoms with Gasteiger partial charge in [0.25, 0.3) is 0 Å².